The molecule has 4 nitrogen and oxygen atoms in total. The summed E-state index contributed by atoms with van der Waals surface area (Å²) in [6, 6.07) is 6.14. The van der Waals surface area contributed by atoms with Crippen molar-refractivity contribution in [3.05, 3.63) is 18.2 Å². The van der Waals surface area contributed by atoms with Gasteiger partial charge in [-0.2, -0.15) is 0 Å². The van der Waals surface area contributed by atoms with Crippen molar-refractivity contribution in [1.29, 1.82) is 0 Å². The molecule has 0 radical (unpaired) electrons. The van der Waals surface area contributed by atoms with Crippen molar-refractivity contribution in [2.75, 3.05) is 27.4 Å². The summed E-state index contributed by atoms with van der Waals surface area (Å²) in [5.74, 6) is 2.81. The molecular formula is C17H29NO3. The smallest absolute Gasteiger partial charge is 0.203 e. The van der Waals surface area contributed by atoms with Crippen LogP contribution in [0.2, 0.25) is 0 Å². The number of benzene rings is 1. The van der Waals surface area contributed by atoms with E-state index in [9.17, 15) is 0 Å². The summed E-state index contributed by atoms with van der Waals surface area (Å²) in [4.78, 5) is 0. The summed E-state index contributed by atoms with van der Waals surface area (Å²) in [5, 5.41) is 3.48. The molecular weight excluding hydrogens is 266 g/mol. The first-order valence-electron chi connectivity index (χ1n) is 7.65. The van der Waals surface area contributed by atoms with Crippen LogP contribution in [0.15, 0.2) is 18.2 Å². The van der Waals surface area contributed by atoms with Gasteiger partial charge in [0.05, 0.1) is 14.2 Å². The molecule has 1 aromatic carbocycles. The van der Waals surface area contributed by atoms with E-state index in [0.29, 0.717) is 29.9 Å². The van der Waals surface area contributed by atoms with Crippen LogP contribution in [0.3, 0.4) is 0 Å². The van der Waals surface area contributed by atoms with Crippen LogP contribution in [0.4, 0.5) is 0 Å². The van der Waals surface area contributed by atoms with Gasteiger partial charge >= 0.3 is 0 Å². The van der Waals surface area contributed by atoms with Gasteiger partial charge < -0.3 is 19.5 Å². The molecule has 1 aromatic rings. The molecule has 1 rings (SSSR count). The van der Waals surface area contributed by atoms with E-state index in [1.54, 1.807) is 14.2 Å². The van der Waals surface area contributed by atoms with Crippen LogP contribution in [-0.2, 0) is 0 Å². The Morgan fingerprint density at radius 3 is 2.14 bits per heavy atom. The predicted octanol–water partition coefficient (Wildman–Crippen LogP) is 3.50. The van der Waals surface area contributed by atoms with Gasteiger partial charge in [-0.25, -0.2) is 0 Å². The van der Waals surface area contributed by atoms with Crippen molar-refractivity contribution in [2.45, 2.75) is 39.7 Å². The minimum absolute atomic E-state index is 0.510. The molecule has 1 atom stereocenters. The summed E-state index contributed by atoms with van der Waals surface area (Å²) in [5.41, 5.74) is 0. The molecule has 0 aliphatic heterocycles. The third-order valence-corrected chi connectivity index (χ3v) is 3.40. The monoisotopic (exact) mass is 295 g/mol. The number of hydrogen-bond donors (Lipinski definition) is 1. The van der Waals surface area contributed by atoms with E-state index in [-0.39, 0.29) is 0 Å². The van der Waals surface area contributed by atoms with E-state index in [4.69, 9.17) is 14.2 Å². The number of methoxy groups -OCH3 is 2. The Morgan fingerprint density at radius 2 is 1.62 bits per heavy atom. The molecule has 0 saturated heterocycles. The fourth-order valence-electron chi connectivity index (χ4n) is 2.10. The van der Waals surface area contributed by atoms with Crippen LogP contribution in [0.1, 0.15) is 33.6 Å². The lowest BCUT2D eigenvalue weighted by Crippen LogP contribution is -2.30. The first-order chi connectivity index (χ1) is 10.1. The average Bonchev–Trinajstić information content (AvgIpc) is 2.49. The summed E-state index contributed by atoms with van der Waals surface area (Å²) < 4.78 is 16.4. The number of hydrogen-bond acceptors (Lipinski definition) is 4. The molecule has 21 heavy (non-hydrogen) atoms. The van der Waals surface area contributed by atoms with Crippen molar-refractivity contribution in [3.63, 3.8) is 0 Å². The van der Waals surface area contributed by atoms with E-state index >= 15 is 0 Å². The van der Waals surface area contributed by atoms with Gasteiger partial charge in [-0.15, -0.1) is 0 Å². The topological polar surface area (TPSA) is 39.7 Å². The van der Waals surface area contributed by atoms with Crippen LogP contribution in [0.5, 0.6) is 17.2 Å². The minimum atomic E-state index is 0.510. The van der Waals surface area contributed by atoms with Crippen molar-refractivity contribution in [2.24, 2.45) is 5.92 Å². The number of ether oxygens (including phenoxy) is 3. The van der Waals surface area contributed by atoms with Gasteiger partial charge in [0.1, 0.15) is 6.61 Å². The highest BCUT2D eigenvalue weighted by Gasteiger charge is 2.11. The number of para-hydroxylation sites is 1. The summed E-state index contributed by atoms with van der Waals surface area (Å²) >= 11 is 0. The Kier molecular flexibility index (Phi) is 7.98. The molecule has 0 aliphatic rings. The van der Waals surface area contributed by atoms with Gasteiger partial charge in [-0.3, -0.25) is 0 Å². The molecule has 0 spiro atoms. The Labute approximate surface area is 128 Å². The Morgan fingerprint density at radius 1 is 1.00 bits per heavy atom. The largest absolute Gasteiger partial charge is 0.493 e. The molecule has 0 heterocycles. The molecule has 1 N–H and O–H groups in total. The SMILES string of the molecule is COc1cccc(OC)c1OCCNC(C)CCC(C)C. The van der Waals surface area contributed by atoms with E-state index < -0.39 is 0 Å². The van der Waals surface area contributed by atoms with Crippen molar-refractivity contribution in [1.82, 2.24) is 5.32 Å². The van der Waals surface area contributed by atoms with Crippen LogP contribution >= 0.6 is 0 Å². The maximum Gasteiger partial charge on any atom is 0.203 e. The molecule has 0 saturated carbocycles. The zero-order valence-electron chi connectivity index (χ0n) is 13.9. The van der Waals surface area contributed by atoms with Gasteiger partial charge in [-0.05, 0) is 37.8 Å². The van der Waals surface area contributed by atoms with Crippen molar-refractivity contribution in [3.8, 4) is 17.2 Å². The highest BCUT2D eigenvalue weighted by molar-refractivity contribution is 5.51. The average molecular weight is 295 g/mol. The quantitative estimate of drug-likeness (QED) is 0.671. The van der Waals surface area contributed by atoms with Crippen molar-refractivity contribution >= 4 is 0 Å². The van der Waals surface area contributed by atoms with E-state index in [0.717, 1.165) is 12.5 Å². The molecule has 4 heteroatoms. The molecule has 0 aromatic heterocycles. The Balaban J connectivity index is 2.39. The molecule has 1 unspecified atom stereocenters. The predicted molar refractivity (Wildman–Crippen MR) is 86.6 cm³/mol. The second kappa shape index (κ2) is 9.50. The molecule has 0 bridgehead atoms. The van der Waals surface area contributed by atoms with Crippen LogP contribution < -0.4 is 19.5 Å². The minimum Gasteiger partial charge on any atom is -0.493 e. The highest BCUT2D eigenvalue weighted by atomic mass is 16.5. The van der Waals surface area contributed by atoms with E-state index in [1.165, 1.54) is 12.8 Å². The molecule has 0 fully saturated rings. The number of nitrogens with one attached hydrogen (secondary N) is 1. The lowest BCUT2D eigenvalue weighted by atomic mass is 10.0. The standard InChI is InChI=1S/C17H29NO3/c1-13(2)9-10-14(3)18-11-12-21-17-15(19-4)7-6-8-16(17)20-5/h6-8,13-14,18H,9-12H2,1-5H3. The van der Waals surface area contributed by atoms with Crippen LogP contribution in [0.25, 0.3) is 0 Å². The number of rotatable bonds is 10. The maximum atomic E-state index is 5.81. The van der Waals surface area contributed by atoms with Gasteiger partial charge in [0.2, 0.25) is 5.75 Å². The lowest BCUT2D eigenvalue weighted by molar-refractivity contribution is 0.268. The lowest BCUT2D eigenvalue weighted by Gasteiger charge is -2.17. The zero-order chi connectivity index (χ0) is 15.7. The molecule has 0 aliphatic carbocycles. The first-order valence-corrected chi connectivity index (χ1v) is 7.65. The third kappa shape index (κ3) is 6.25. The zero-order valence-corrected chi connectivity index (χ0v) is 13.9. The Bertz CT molecular complexity index is 385. The summed E-state index contributed by atoms with van der Waals surface area (Å²) in [6.45, 7) is 8.11. The van der Waals surface area contributed by atoms with Crippen LogP contribution in [-0.4, -0.2) is 33.4 Å². The van der Waals surface area contributed by atoms with Gasteiger partial charge in [0.25, 0.3) is 0 Å². The van der Waals surface area contributed by atoms with Gasteiger partial charge in [0, 0.05) is 12.6 Å². The van der Waals surface area contributed by atoms with Gasteiger partial charge in [-0.1, -0.05) is 19.9 Å². The second-order valence-electron chi connectivity index (χ2n) is 5.67. The van der Waals surface area contributed by atoms with E-state index in [2.05, 4.69) is 26.1 Å². The summed E-state index contributed by atoms with van der Waals surface area (Å²) in [6.07, 6.45) is 2.44. The second-order valence-corrected chi connectivity index (χ2v) is 5.67. The first kappa shape index (κ1) is 17.6. The summed E-state index contributed by atoms with van der Waals surface area (Å²) in [7, 11) is 3.27. The fourth-order valence-corrected chi connectivity index (χ4v) is 2.10. The van der Waals surface area contributed by atoms with Crippen LogP contribution in [0, 0.1) is 5.92 Å². The highest BCUT2D eigenvalue weighted by Crippen LogP contribution is 2.36. The maximum absolute atomic E-state index is 5.81. The third-order valence-electron chi connectivity index (χ3n) is 3.40. The molecule has 0 amide bonds. The van der Waals surface area contributed by atoms with Crippen molar-refractivity contribution < 1.29 is 14.2 Å². The molecule has 120 valence electrons. The van der Waals surface area contributed by atoms with E-state index in [1.807, 2.05) is 18.2 Å². The van der Waals surface area contributed by atoms with Gasteiger partial charge in [0.15, 0.2) is 11.5 Å². The fraction of sp³-hybridized carbons (Fsp3) is 0.647. The Hall–Kier alpha value is -1.42. The normalized spacial score (nSPS) is 12.3.